The first-order chi connectivity index (χ1) is 13.5. The van der Waals surface area contributed by atoms with Gasteiger partial charge in [0.25, 0.3) is 0 Å². The normalized spacial score (nSPS) is 18.1. The predicted molar refractivity (Wildman–Crippen MR) is 90.3 cm³/mol. The highest BCUT2D eigenvalue weighted by atomic mass is 16.4. The van der Waals surface area contributed by atoms with Crippen molar-refractivity contribution < 1.29 is 69.6 Å². The van der Waals surface area contributed by atoms with Crippen LogP contribution in [0.5, 0.6) is 0 Å². The molecule has 14 heteroatoms. The molecule has 0 saturated carbocycles. The summed E-state index contributed by atoms with van der Waals surface area (Å²) < 4.78 is 0. The van der Waals surface area contributed by atoms with Crippen molar-refractivity contribution in [2.45, 2.75) is 43.8 Å². The SMILES string of the molecule is CCC(CC(C(=O)O)C(O)(CC(=O)O)C(=O)O)C(C(=O)O)C(O)(CC(=O)O)C(=O)O. The first-order valence-electron chi connectivity index (χ1n) is 8.35. The molecule has 0 rings (SSSR count). The average Bonchev–Trinajstić information content (AvgIpc) is 2.55. The fourth-order valence-corrected chi connectivity index (χ4v) is 3.26. The predicted octanol–water partition coefficient (Wildman–Crippen LogP) is -1.61. The van der Waals surface area contributed by atoms with Crippen LogP contribution in [0.3, 0.4) is 0 Å². The van der Waals surface area contributed by atoms with E-state index in [9.17, 15) is 59.4 Å². The van der Waals surface area contributed by atoms with Gasteiger partial charge in [-0.25, -0.2) is 9.59 Å². The van der Waals surface area contributed by atoms with Gasteiger partial charge in [-0.2, -0.15) is 0 Å². The molecule has 5 unspecified atom stereocenters. The van der Waals surface area contributed by atoms with Crippen LogP contribution in [0, 0.1) is 17.8 Å². The Balaban J connectivity index is 6.45. The Kier molecular flexibility index (Phi) is 8.89. The van der Waals surface area contributed by atoms with Crippen LogP contribution in [0.4, 0.5) is 0 Å². The molecule has 0 aliphatic rings. The number of hydrogen-bond acceptors (Lipinski definition) is 8. The van der Waals surface area contributed by atoms with E-state index in [1.54, 1.807) is 0 Å². The van der Waals surface area contributed by atoms with Crippen LogP contribution in [0.1, 0.15) is 32.6 Å². The summed E-state index contributed by atoms with van der Waals surface area (Å²) in [5, 5.41) is 75.5. The van der Waals surface area contributed by atoms with Gasteiger partial charge in [-0.1, -0.05) is 13.3 Å². The highest BCUT2D eigenvalue weighted by molar-refractivity contribution is 5.91. The van der Waals surface area contributed by atoms with Crippen LogP contribution in [0.15, 0.2) is 0 Å². The molecule has 0 aromatic carbocycles. The van der Waals surface area contributed by atoms with Crippen LogP contribution in [-0.4, -0.2) is 87.9 Å². The maximum atomic E-state index is 11.7. The van der Waals surface area contributed by atoms with Crippen molar-refractivity contribution in [3.8, 4) is 0 Å². The molecular formula is C16H22O14. The van der Waals surface area contributed by atoms with Gasteiger partial charge in [0.15, 0.2) is 11.2 Å². The number of rotatable bonds is 14. The lowest BCUT2D eigenvalue weighted by Crippen LogP contribution is -2.56. The van der Waals surface area contributed by atoms with E-state index in [-0.39, 0.29) is 0 Å². The second-order valence-electron chi connectivity index (χ2n) is 6.71. The van der Waals surface area contributed by atoms with Crippen molar-refractivity contribution in [2.24, 2.45) is 17.8 Å². The van der Waals surface area contributed by atoms with E-state index in [4.69, 9.17) is 10.2 Å². The Morgan fingerprint density at radius 1 is 0.700 bits per heavy atom. The summed E-state index contributed by atoms with van der Waals surface area (Å²) in [5.74, 6) is -18.8. The van der Waals surface area contributed by atoms with Gasteiger partial charge in [0, 0.05) is 0 Å². The zero-order valence-electron chi connectivity index (χ0n) is 15.6. The first kappa shape index (κ1) is 26.7. The maximum Gasteiger partial charge on any atom is 0.337 e. The minimum absolute atomic E-state index is 0.390. The van der Waals surface area contributed by atoms with Gasteiger partial charge in [0.1, 0.15) is 0 Å². The zero-order chi connectivity index (χ0) is 24.0. The van der Waals surface area contributed by atoms with Crippen molar-refractivity contribution in [1.29, 1.82) is 0 Å². The minimum atomic E-state index is -3.41. The molecule has 0 radical (unpaired) electrons. The molecule has 0 heterocycles. The van der Waals surface area contributed by atoms with Gasteiger partial charge in [0.05, 0.1) is 24.7 Å². The number of carbonyl (C=O) groups is 6. The Morgan fingerprint density at radius 3 is 1.37 bits per heavy atom. The van der Waals surface area contributed by atoms with E-state index < -0.39 is 90.5 Å². The quantitative estimate of drug-likeness (QED) is 0.152. The van der Waals surface area contributed by atoms with Gasteiger partial charge < -0.3 is 40.9 Å². The monoisotopic (exact) mass is 438 g/mol. The largest absolute Gasteiger partial charge is 0.481 e. The third kappa shape index (κ3) is 5.87. The van der Waals surface area contributed by atoms with Crippen LogP contribution in [0.25, 0.3) is 0 Å². The highest BCUT2D eigenvalue weighted by Crippen LogP contribution is 2.38. The molecule has 0 bridgehead atoms. The average molecular weight is 438 g/mol. The van der Waals surface area contributed by atoms with E-state index in [1.807, 2.05) is 0 Å². The fraction of sp³-hybridized carbons (Fsp3) is 0.625. The molecule has 0 saturated heterocycles. The maximum absolute atomic E-state index is 11.7. The molecule has 0 aliphatic carbocycles. The van der Waals surface area contributed by atoms with E-state index in [0.29, 0.717) is 0 Å². The third-order valence-electron chi connectivity index (χ3n) is 4.77. The number of aliphatic hydroxyl groups is 2. The molecule has 170 valence electrons. The lowest BCUT2D eigenvalue weighted by Gasteiger charge is -2.37. The van der Waals surface area contributed by atoms with Crippen molar-refractivity contribution >= 4 is 35.8 Å². The fourth-order valence-electron chi connectivity index (χ4n) is 3.26. The summed E-state index contributed by atoms with van der Waals surface area (Å²) in [6.07, 6.45) is -4.63. The van der Waals surface area contributed by atoms with Crippen LogP contribution >= 0.6 is 0 Å². The molecule has 0 aromatic heterocycles. The zero-order valence-corrected chi connectivity index (χ0v) is 15.6. The summed E-state index contributed by atoms with van der Waals surface area (Å²) in [6.45, 7) is 1.22. The highest BCUT2D eigenvalue weighted by Gasteiger charge is 2.56. The number of hydrogen-bond donors (Lipinski definition) is 8. The van der Waals surface area contributed by atoms with Crippen molar-refractivity contribution in [3.63, 3.8) is 0 Å². The summed E-state index contributed by atoms with van der Waals surface area (Å²) in [5.41, 5.74) is -6.81. The number of aliphatic carboxylic acids is 6. The van der Waals surface area contributed by atoms with Crippen molar-refractivity contribution in [3.05, 3.63) is 0 Å². The summed E-state index contributed by atoms with van der Waals surface area (Å²) in [7, 11) is 0. The lowest BCUT2D eigenvalue weighted by atomic mass is 9.69. The Morgan fingerprint density at radius 2 is 1.10 bits per heavy atom. The Bertz CT molecular complexity index is 729. The molecule has 0 amide bonds. The molecule has 14 nitrogen and oxygen atoms in total. The minimum Gasteiger partial charge on any atom is -0.481 e. The van der Waals surface area contributed by atoms with Gasteiger partial charge >= 0.3 is 35.8 Å². The molecule has 8 N–H and O–H groups in total. The molecular weight excluding hydrogens is 416 g/mol. The van der Waals surface area contributed by atoms with Crippen molar-refractivity contribution in [1.82, 2.24) is 0 Å². The summed E-state index contributed by atoms with van der Waals surface area (Å²) in [4.78, 5) is 68.1. The number of carboxylic acid groups (broad SMARTS) is 6. The van der Waals surface area contributed by atoms with Gasteiger partial charge in [-0.05, 0) is 12.3 Å². The number of carboxylic acids is 6. The molecule has 0 aromatic rings. The second-order valence-corrected chi connectivity index (χ2v) is 6.71. The van der Waals surface area contributed by atoms with Gasteiger partial charge in [-0.3, -0.25) is 19.2 Å². The van der Waals surface area contributed by atoms with E-state index in [0.717, 1.165) is 0 Å². The lowest BCUT2D eigenvalue weighted by molar-refractivity contribution is -0.188. The second kappa shape index (κ2) is 9.98. The smallest absolute Gasteiger partial charge is 0.337 e. The molecule has 0 fully saturated rings. The topological polar surface area (TPSA) is 264 Å². The van der Waals surface area contributed by atoms with Crippen LogP contribution in [-0.2, 0) is 28.8 Å². The van der Waals surface area contributed by atoms with E-state index in [2.05, 4.69) is 0 Å². The summed E-state index contributed by atoms with van der Waals surface area (Å²) >= 11 is 0. The molecule has 30 heavy (non-hydrogen) atoms. The standard InChI is InChI=1S/C16H22O14/c1-2-6(10(12(23)24)16(30,14(27)28)5-9(19)20)3-7(11(21)22)15(29,13(25)26)4-8(17)18/h6-7,10,29-30H,2-5H2,1H3,(H,17,18)(H,19,20)(H,21,22)(H,23,24)(H,25,26)(H,27,28). The molecule has 5 atom stereocenters. The van der Waals surface area contributed by atoms with Gasteiger partial charge in [-0.15, -0.1) is 0 Å². The van der Waals surface area contributed by atoms with E-state index >= 15 is 0 Å². The van der Waals surface area contributed by atoms with Crippen LogP contribution in [0.2, 0.25) is 0 Å². The third-order valence-corrected chi connectivity index (χ3v) is 4.77. The Labute approximate surface area is 168 Å². The molecule has 0 spiro atoms. The summed E-state index contributed by atoms with van der Waals surface area (Å²) in [6, 6.07) is 0. The van der Waals surface area contributed by atoms with Crippen LogP contribution < -0.4 is 0 Å². The first-order valence-corrected chi connectivity index (χ1v) is 8.35. The molecule has 0 aliphatic heterocycles. The van der Waals surface area contributed by atoms with Crippen molar-refractivity contribution in [2.75, 3.05) is 0 Å². The Hall–Kier alpha value is -3.26. The van der Waals surface area contributed by atoms with E-state index in [1.165, 1.54) is 6.92 Å². The van der Waals surface area contributed by atoms with Gasteiger partial charge in [0.2, 0.25) is 0 Å².